The highest BCUT2D eigenvalue weighted by atomic mass is 19.1. The van der Waals surface area contributed by atoms with Gasteiger partial charge in [0.25, 0.3) is 5.69 Å². The van der Waals surface area contributed by atoms with Crippen LogP contribution in [0.4, 0.5) is 15.9 Å². The summed E-state index contributed by atoms with van der Waals surface area (Å²) in [5.74, 6) is -0.857. The highest BCUT2D eigenvalue weighted by Crippen LogP contribution is 2.35. The number of aromatic nitrogens is 1. The number of benzene rings is 1. The number of carboxylic acid groups (broad SMARTS) is 1. The number of rotatable bonds is 4. The molecule has 1 aliphatic rings. The molecule has 1 aliphatic heterocycles. The van der Waals surface area contributed by atoms with Crippen molar-refractivity contribution in [3.05, 3.63) is 52.3 Å². The van der Waals surface area contributed by atoms with Crippen molar-refractivity contribution in [3.8, 4) is 11.3 Å². The van der Waals surface area contributed by atoms with Gasteiger partial charge in [0.15, 0.2) is 5.69 Å². The van der Waals surface area contributed by atoms with Crippen LogP contribution in [0, 0.1) is 21.3 Å². The van der Waals surface area contributed by atoms with Crippen molar-refractivity contribution < 1.29 is 19.2 Å². The van der Waals surface area contributed by atoms with Gasteiger partial charge < -0.3 is 10.0 Å². The molecule has 1 N–H and O–H groups in total. The molecule has 130 valence electrons. The Labute approximate surface area is 142 Å². The Morgan fingerprint density at radius 1 is 1.32 bits per heavy atom. The van der Waals surface area contributed by atoms with Crippen molar-refractivity contribution in [1.29, 1.82) is 0 Å². The second-order valence-corrected chi connectivity index (χ2v) is 6.34. The molecule has 2 heterocycles. The molecule has 0 radical (unpaired) electrons. The van der Waals surface area contributed by atoms with E-state index in [9.17, 15) is 24.4 Å². The molecule has 7 nitrogen and oxygen atoms in total. The quantitative estimate of drug-likeness (QED) is 0.675. The lowest BCUT2D eigenvalue weighted by molar-refractivity contribution is -0.384. The van der Waals surface area contributed by atoms with Crippen molar-refractivity contribution in [1.82, 2.24) is 4.98 Å². The van der Waals surface area contributed by atoms with Gasteiger partial charge in [-0.25, -0.2) is 9.37 Å². The van der Waals surface area contributed by atoms with E-state index in [2.05, 4.69) is 4.98 Å². The van der Waals surface area contributed by atoms with Crippen LogP contribution in [0.5, 0.6) is 0 Å². The van der Waals surface area contributed by atoms with E-state index in [-0.39, 0.29) is 17.9 Å². The number of carbonyl (C=O) groups is 1. The fourth-order valence-corrected chi connectivity index (χ4v) is 2.92. The molecule has 0 bridgehead atoms. The summed E-state index contributed by atoms with van der Waals surface area (Å²) >= 11 is 0. The normalized spacial score (nSPS) is 19.8. The fraction of sp³-hybridized carbons (Fsp3) is 0.294. The van der Waals surface area contributed by atoms with Gasteiger partial charge in [-0.3, -0.25) is 14.9 Å². The Hall–Kier alpha value is -3.03. The summed E-state index contributed by atoms with van der Waals surface area (Å²) in [5, 5.41) is 20.6. The van der Waals surface area contributed by atoms with Crippen LogP contribution in [0.2, 0.25) is 0 Å². The van der Waals surface area contributed by atoms with E-state index in [1.165, 1.54) is 36.4 Å². The summed E-state index contributed by atoms with van der Waals surface area (Å²) < 4.78 is 13.1. The summed E-state index contributed by atoms with van der Waals surface area (Å²) in [6.45, 7) is 2.44. The molecule has 0 spiro atoms. The Morgan fingerprint density at radius 2 is 2.00 bits per heavy atom. The smallest absolute Gasteiger partial charge is 0.311 e. The lowest BCUT2D eigenvalue weighted by Crippen LogP contribution is -2.32. The average molecular weight is 345 g/mol. The third-order valence-corrected chi connectivity index (χ3v) is 4.49. The third-order valence-electron chi connectivity index (χ3n) is 4.49. The molecule has 1 aromatic heterocycles. The highest BCUT2D eigenvalue weighted by Gasteiger charge is 2.41. The number of pyridine rings is 1. The average Bonchev–Trinajstić information content (AvgIpc) is 2.99. The van der Waals surface area contributed by atoms with Crippen LogP contribution in [-0.4, -0.2) is 34.1 Å². The number of aliphatic carboxylic acids is 1. The molecule has 0 aliphatic carbocycles. The molecule has 0 amide bonds. The molecule has 0 saturated carbocycles. The van der Waals surface area contributed by atoms with Crippen LogP contribution in [0.15, 0.2) is 36.4 Å². The summed E-state index contributed by atoms with van der Waals surface area (Å²) in [6.07, 6.45) is 0.465. The summed E-state index contributed by atoms with van der Waals surface area (Å²) in [4.78, 5) is 28.3. The van der Waals surface area contributed by atoms with Crippen LogP contribution < -0.4 is 4.90 Å². The number of hydrogen-bond acceptors (Lipinski definition) is 5. The Morgan fingerprint density at radius 3 is 2.56 bits per heavy atom. The van der Waals surface area contributed by atoms with E-state index in [1.807, 2.05) is 0 Å². The van der Waals surface area contributed by atoms with Gasteiger partial charge in [-0.1, -0.05) is 0 Å². The number of halogens is 1. The van der Waals surface area contributed by atoms with E-state index in [4.69, 9.17) is 0 Å². The first kappa shape index (κ1) is 16.8. The maximum absolute atomic E-state index is 13.1. The zero-order valence-corrected chi connectivity index (χ0v) is 13.5. The second kappa shape index (κ2) is 6.12. The van der Waals surface area contributed by atoms with Crippen LogP contribution in [0.1, 0.15) is 13.3 Å². The maximum Gasteiger partial charge on any atom is 0.311 e. The summed E-state index contributed by atoms with van der Waals surface area (Å²) in [7, 11) is 0. The Balaban J connectivity index is 2.01. The van der Waals surface area contributed by atoms with Crippen LogP contribution in [0.25, 0.3) is 11.3 Å². The lowest BCUT2D eigenvalue weighted by atomic mass is 9.90. The molecular weight excluding hydrogens is 329 g/mol. The van der Waals surface area contributed by atoms with Gasteiger partial charge in [-0.05, 0) is 43.7 Å². The Kier molecular flexibility index (Phi) is 4.12. The third kappa shape index (κ3) is 3.15. The van der Waals surface area contributed by atoms with Gasteiger partial charge in [0, 0.05) is 24.7 Å². The number of nitro groups is 1. The van der Waals surface area contributed by atoms with Crippen molar-refractivity contribution in [2.24, 2.45) is 5.41 Å². The van der Waals surface area contributed by atoms with Gasteiger partial charge >= 0.3 is 5.97 Å². The molecule has 3 rings (SSSR count). The number of nitrogens with zero attached hydrogens (tertiary/aromatic N) is 3. The highest BCUT2D eigenvalue weighted by molar-refractivity contribution is 5.77. The number of anilines is 1. The predicted molar refractivity (Wildman–Crippen MR) is 88.9 cm³/mol. The molecule has 1 saturated heterocycles. The second-order valence-electron chi connectivity index (χ2n) is 6.34. The summed E-state index contributed by atoms with van der Waals surface area (Å²) in [5.41, 5.74) is -0.503. The minimum atomic E-state index is -0.879. The largest absolute Gasteiger partial charge is 0.481 e. The minimum Gasteiger partial charge on any atom is -0.481 e. The SMILES string of the molecule is CC1(C(=O)O)CCN(c2ccc([N+](=O)[O-])c(-c3ccc(F)cc3)n2)C1. The lowest BCUT2D eigenvalue weighted by Gasteiger charge is -2.21. The molecule has 1 fully saturated rings. The van der Waals surface area contributed by atoms with Crippen LogP contribution in [-0.2, 0) is 4.79 Å². The number of carboxylic acids is 1. The van der Waals surface area contributed by atoms with E-state index in [1.54, 1.807) is 11.8 Å². The van der Waals surface area contributed by atoms with Crippen molar-refractivity contribution >= 4 is 17.5 Å². The fourth-order valence-electron chi connectivity index (χ4n) is 2.92. The van der Waals surface area contributed by atoms with Crippen molar-refractivity contribution in [3.63, 3.8) is 0 Å². The molecule has 1 atom stereocenters. The van der Waals surface area contributed by atoms with Crippen LogP contribution >= 0.6 is 0 Å². The zero-order valence-electron chi connectivity index (χ0n) is 13.5. The van der Waals surface area contributed by atoms with Gasteiger partial charge in [-0.15, -0.1) is 0 Å². The summed E-state index contributed by atoms with van der Waals surface area (Å²) in [6, 6.07) is 8.14. The van der Waals surface area contributed by atoms with E-state index in [0.717, 1.165) is 0 Å². The molecule has 2 aromatic rings. The standard InChI is InChI=1S/C17H16FN3O4/c1-17(16(22)23)8-9-20(10-17)14-7-6-13(21(24)25)15(19-14)11-2-4-12(18)5-3-11/h2-7H,8-10H2,1H3,(H,22,23). The maximum atomic E-state index is 13.1. The van der Waals surface area contributed by atoms with Crippen LogP contribution in [0.3, 0.4) is 0 Å². The van der Waals surface area contributed by atoms with Gasteiger partial charge in [0.1, 0.15) is 11.6 Å². The van der Waals surface area contributed by atoms with E-state index >= 15 is 0 Å². The van der Waals surface area contributed by atoms with Gasteiger partial charge in [0.05, 0.1) is 10.3 Å². The molecule has 25 heavy (non-hydrogen) atoms. The minimum absolute atomic E-state index is 0.131. The Bertz CT molecular complexity index is 840. The predicted octanol–water partition coefficient (Wildman–Crippen LogP) is 3.10. The van der Waals surface area contributed by atoms with Gasteiger partial charge in [-0.2, -0.15) is 0 Å². The van der Waals surface area contributed by atoms with Crippen molar-refractivity contribution in [2.75, 3.05) is 18.0 Å². The van der Waals surface area contributed by atoms with Crippen molar-refractivity contribution in [2.45, 2.75) is 13.3 Å². The molecule has 1 unspecified atom stereocenters. The first-order valence-corrected chi connectivity index (χ1v) is 7.70. The van der Waals surface area contributed by atoms with E-state index in [0.29, 0.717) is 24.3 Å². The first-order chi connectivity index (χ1) is 11.8. The van der Waals surface area contributed by atoms with Gasteiger partial charge in [0.2, 0.25) is 0 Å². The monoisotopic (exact) mass is 345 g/mol. The topological polar surface area (TPSA) is 96.6 Å². The molecular formula is C17H16FN3O4. The van der Waals surface area contributed by atoms with E-state index < -0.39 is 22.1 Å². The molecule has 1 aromatic carbocycles. The molecule has 8 heteroatoms. The first-order valence-electron chi connectivity index (χ1n) is 7.70. The number of hydrogen-bond donors (Lipinski definition) is 1. The zero-order chi connectivity index (χ0) is 18.2.